The molecule has 6 heteroatoms. The molecule has 1 atom stereocenters. The van der Waals surface area contributed by atoms with Gasteiger partial charge >= 0.3 is 0 Å². The first kappa shape index (κ1) is 14.3. The molecule has 19 heavy (non-hydrogen) atoms. The predicted octanol–water partition coefficient (Wildman–Crippen LogP) is 1.42. The third kappa shape index (κ3) is 3.26. The van der Waals surface area contributed by atoms with Crippen LogP contribution in [0.15, 0.2) is 23.1 Å². The molecule has 106 valence electrons. The van der Waals surface area contributed by atoms with Gasteiger partial charge in [0.25, 0.3) is 0 Å². The Hall–Kier alpha value is -1.11. The summed E-state index contributed by atoms with van der Waals surface area (Å²) in [5.74, 6) is 0. The maximum atomic E-state index is 12.4. The van der Waals surface area contributed by atoms with Crippen LogP contribution in [0.25, 0.3) is 0 Å². The van der Waals surface area contributed by atoms with Gasteiger partial charge < -0.3 is 10.5 Å². The molecule has 1 heterocycles. The van der Waals surface area contributed by atoms with E-state index >= 15 is 0 Å². The maximum absolute atomic E-state index is 12.4. The zero-order valence-corrected chi connectivity index (χ0v) is 12.1. The van der Waals surface area contributed by atoms with E-state index in [1.807, 2.05) is 6.92 Å². The van der Waals surface area contributed by atoms with Gasteiger partial charge in [0.05, 0.1) is 17.0 Å². The highest BCUT2D eigenvalue weighted by Crippen LogP contribution is 2.23. The third-order valence-electron chi connectivity index (χ3n) is 3.37. The molecule has 0 spiro atoms. The van der Waals surface area contributed by atoms with Crippen LogP contribution in [0.3, 0.4) is 0 Å². The van der Waals surface area contributed by atoms with Crippen LogP contribution in [0.4, 0.5) is 5.69 Å². The van der Waals surface area contributed by atoms with Gasteiger partial charge in [0.2, 0.25) is 10.0 Å². The number of ether oxygens (including phenoxy) is 1. The lowest BCUT2D eigenvalue weighted by Gasteiger charge is -2.33. The molecule has 0 radical (unpaired) electrons. The second-order valence-corrected chi connectivity index (χ2v) is 7.02. The molecular weight excluding hydrogens is 264 g/mol. The highest BCUT2D eigenvalue weighted by molar-refractivity contribution is 7.89. The minimum Gasteiger partial charge on any atom is -0.399 e. The summed E-state index contributed by atoms with van der Waals surface area (Å²) in [7, 11) is -3.54. The smallest absolute Gasteiger partial charge is 0.241 e. The molecule has 1 unspecified atom stereocenters. The summed E-state index contributed by atoms with van der Waals surface area (Å²) >= 11 is 0. The van der Waals surface area contributed by atoms with Crippen molar-refractivity contribution >= 4 is 15.7 Å². The molecular formula is C13H20N2O3S. The number of aryl methyl sites for hydroxylation is 1. The van der Waals surface area contributed by atoms with E-state index in [9.17, 15) is 8.42 Å². The van der Waals surface area contributed by atoms with Crippen molar-refractivity contribution in [3.63, 3.8) is 0 Å². The van der Waals surface area contributed by atoms with Gasteiger partial charge in [-0.25, -0.2) is 13.1 Å². The zero-order chi connectivity index (χ0) is 14.1. The molecule has 1 fully saturated rings. The van der Waals surface area contributed by atoms with Gasteiger partial charge in [-0.2, -0.15) is 0 Å². The van der Waals surface area contributed by atoms with Crippen LogP contribution in [0.1, 0.15) is 25.3 Å². The summed E-state index contributed by atoms with van der Waals surface area (Å²) in [5.41, 5.74) is 6.52. The molecule has 1 saturated heterocycles. The van der Waals surface area contributed by atoms with Crippen molar-refractivity contribution in [2.24, 2.45) is 0 Å². The predicted molar refractivity (Wildman–Crippen MR) is 74.4 cm³/mol. The molecule has 1 aliphatic heterocycles. The fraction of sp³-hybridized carbons (Fsp3) is 0.538. The van der Waals surface area contributed by atoms with E-state index in [-0.39, 0.29) is 4.90 Å². The van der Waals surface area contributed by atoms with E-state index in [0.717, 1.165) is 18.4 Å². The van der Waals surface area contributed by atoms with Crippen molar-refractivity contribution in [3.05, 3.63) is 23.8 Å². The van der Waals surface area contributed by atoms with Crippen molar-refractivity contribution < 1.29 is 13.2 Å². The number of hydrogen-bond acceptors (Lipinski definition) is 4. The molecule has 1 aliphatic rings. The van der Waals surface area contributed by atoms with E-state index in [4.69, 9.17) is 10.5 Å². The summed E-state index contributed by atoms with van der Waals surface area (Å²) in [5, 5.41) is 0. The lowest BCUT2D eigenvalue weighted by atomic mass is 9.97. The molecule has 0 saturated carbocycles. The van der Waals surface area contributed by atoms with Crippen molar-refractivity contribution in [2.45, 2.75) is 37.1 Å². The maximum Gasteiger partial charge on any atom is 0.241 e. The number of nitrogen functional groups attached to an aromatic ring is 1. The molecule has 1 aromatic rings. The minimum atomic E-state index is -3.54. The Kier molecular flexibility index (Phi) is 3.85. The Balaban J connectivity index is 2.24. The van der Waals surface area contributed by atoms with Crippen LogP contribution in [0.2, 0.25) is 0 Å². The fourth-order valence-corrected chi connectivity index (χ4v) is 3.72. The van der Waals surface area contributed by atoms with Crippen molar-refractivity contribution in [1.29, 1.82) is 0 Å². The molecule has 0 bridgehead atoms. The zero-order valence-electron chi connectivity index (χ0n) is 11.3. The molecule has 5 nitrogen and oxygen atoms in total. The van der Waals surface area contributed by atoms with Gasteiger partial charge in [0.15, 0.2) is 0 Å². The third-order valence-corrected chi connectivity index (χ3v) is 5.01. The number of rotatable bonds is 3. The Morgan fingerprint density at radius 1 is 1.42 bits per heavy atom. The van der Waals surface area contributed by atoms with Gasteiger partial charge in [-0.1, -0.05) is 0 Å². The van der Waals surface area contributed by atoms with Crippen molar-refractivity contribution in [1.82, 2.24) is 4.72 Å². The van der Waals surface area contributed by atoms with Gasteiger partial charge in [0.1, 0.15) is 0 Å². The molecule has 0 aliphatic carbocycles. The van der Waals surface area contributed by atoms with Crippen molar-refractivity contribution in [2.75, 3.05) is 18.9 Å². The second kappa shape index (κ2) is 5.11. The van der Waals surface area contributed by atoms with E-state index in [2.05, 4.69) is 4.72 Å². The number of anilines is 1. The van der Waals surface area contributed by atoms with Gasteiger partial charge in [-0.3, -0.25) is 0 Å². The van der Waals surface area contributed by atoms with Crippen LogP contribution in [0.5, 0.6) is 0 Å². The average Bonchev–Trinajstić information content (AvgIpc) is 2.32. The number of hydrogen-bond donors (Lipinski definition) is 2. The summed E-state index contributed by atoms with van der Waals surface area (Å²) < 4.78 is 32.8. The van der Waals surface area contributed by atoms with Gasteiger partial charge in [-0.15, -0.1) is 0 Å². The van der Waals surface area contributed by atoms with Gasteiger partial charge in [-0.05, 0) is 50.5 Å². The Morgan fingerprint density at radius 2 is 2.16 bits per heavy atom. The SMILES string of the molecule is Cc1cc(S(=O)(=O)NC2(C)CCCOC2)ccc1N. The highest BCUT2D eigenvalue weighted by Gasteiger charge is 2.32. The summed E-state index contributed by atoms with van der Waals surface area (Å²) in [6, 6.07) is 4.73. The summed E-state index contributed by atoms with van der Waals surface area (Å²) in [4.78, 5) is 0.242. The largest absolute Gasteiger partial charge is 0.399 e. The van der Waals surface area contributed by atoms with E-state index in [1.165, 1.54) is 6.07 Å². The van der Waals surface area contributed by atoms with Crippen LogP contribution in [-0.2, 0) is 14.8 Å². The highest BCUT2D eigenvalue weighted by atomic mass is 32.2. The van der Waals surface area contributed by atoms with E-state index < -0.39 is 15.6 Å². The van der Waals surface area contributed by atoms with Crippen molar-refractivity contribution in [3.8, 4) is 0 Å². The Bertz CT molecular complexity index is 563. The lowest BCUT2D eigenvalue weighted by molar-refractivity contribution is 0.0386. The molecule has 3 N–H and O–H groups in total. The summed E-state index contributed by atoms with van der Waals surface area (Å²) in [6.07, 6.45) is 1.64. The second-order valence-electron chi connectivity index (χ2n) is 5.34. The molecule has 2 rings (SSSR count). The number of nitrogens with one attached hydrogen (secondary N) is 1. The van der Waals surface area contributed by atoms with Crippen LogP contribution in [-0.4, -0.2) is 27.2 Å². The lowest BCUT2D eigenvalue weighted by Crippen LogP contribution is -2.51. The van der Waals surface area contributed by atoms with Crippen LogP contribution in [0, 0.1) is 6.92 Å². The standard InChI is InChI=1S/C13H20N2O3S/c1-10-8-11(4-5-12(10)14)19(16,17)15-13(2)6-3-7-18-9-13/h4-5,8,15H,3,6-7,9,14H2,1-2H3. The monoisotopic (exact) mass is 284 g/mol. The molecule has 1 aromatic carbocycles. The van der Waals surface area contributed by atoms with Gasteiger partial charge in [0, 0.05) is 12.3 Å². The number of nitrogens with two attached hydrogens (primary N) is 1. The number of sulfonamides is 1. The van der Waals surface area contributed by atoms with Crippen LogP contribution < -0.4 is 10.5 Å². The van der Waals surface area contributed by atoms with E-state index in [0.29, 0.717) is 18.9 Å². The number of benzene rings is 1. The summed E-state index contributed by atoms with van der Waals surface area (Å²) in [6.45, 7) is 4.76. The first-order valence-electron chi connectivity index (χ1n) is 6.30. The Morgan fingerprint density at radius 3 is 2.74 bits per heavy atom. The first-order valence-corrected chi connectivity index (χ1v) is 7.79. The molecule has 0 amide bonds. The van der Waals surface area contributed by atoms with E-state index in [1.54, 1.807) is 19.1 Å². The minimum absolute atomic E-state index is 0.242. The Labute approximate surface area is 114 Å². The topological polar surface area (TPSA) is 81.4 Å². The quantitative estimate of drug-likeness (QED) is 0.823. The first-order chi connectivity index (χ1) is 8.82. The molecule has 0 aromatic heterocycles. The fourth-order valence-electron chi connectivity index (χ4n) is 2.21. The van der Waals surface area contributed by atoms with Crippen LogP contribution >= 0.6 is 0 Å². The average molecular weight is 284 g/mol. The normalized spacial score (nSPS) is 24.3.